The minimum absolute atomic E-state index is 0.173. The standard InChI is InChI=1S/C21H28N2O3/c1-3-4-5-6-7-12-20(24)22-23-21(25)16(2)26-19-14-13-17-10-8-9-11-18(17)15-19/h8-11,13-16H,3-7,12H2,1-2H3,(H,22,24)(H,23,25). The van der Waals surface area contributed by atoms with Crippen molar-refractivity contribution in [2.24, 2.45) is 0 Å². The number of carbonyl (C=O) groups is 2. The van der Waals surface area contributed by atoms with Crippen LogP contribution in [0.1, 0.15) is 52.4 Å². The van der Waals surface area contributed by atoms with Crippen molar-refractivity contribution in [3.8, 4) is 5.75 Å². The van der Waals surface area contributed by atoms with Crippen LogP contribution in [0.15, 0.2) is 42.5 Å². The monoisotopic (exact) mass is 356 g/mol. The summed E-state index contributed by atoms with van der Waals surface area (Å²) in [4.78, 5) is 23.8. The summed E-state index contributed by atoms with van der Waals surface area (Å²) < 4.78 is 5.68. The maximum atomic E-state index is 12.1. The first-order chi connectivity index (χ1) is 12.6. The molecule has 0 fully saturated rings. The van der Waals surface area contributed by atoms with Crippen molar-refractivity contribution in [3.05, 3.63) is 42.5 Å². The van der Waals surface area contributed by atoms with Gasteiger partial charge < -0.3 is 4.74 Å². The second kappa shape index (κ2) is 10.4. The molecule has 0 radical (unpaired) electrons. The molecule has 0 saturated carbocycles. The average Bonchev–Trinajstić information content (AvgIpc) is 2.65. The molecular weight excluding hydrogens is 328 g/mol. The van der Waals surface area contributed by atoms with E-state index in [-0.39, 0.29) is 11.8 Å². The van der Waals surface area contributed by atoms with E-state index in [9.17, 15) is 9.59 Å². The Kier molecular flexibility index (Phi) is 7.93. The van der Waals surface area contributed by atoms with Crippen molar-refractivity contribution in [2.75, 3.05) is 0 Å². The second-order valence-corrected chi connectivity index (χ2v) is 6.47. The molecule has 0 aliphatic carbocycles. The Labute approximate surface area is 155 Å². The van der Waals surface area contributed by atoms with Crippen LogP contribution < -0.4 is 15.6 Å². The molecule has 5 nitrogen and oxygen atoms in total. The van der Waals surface area contributed by atoms with E-state index in [1.165, 1.54) is 12.8 Å². The summed E-state index contributed by atoms with van der Waals surface area (Å²) in [6.45, 7) is 3.81. The zero-order valence-corrected chi connectivity index (χ0v) is 15.6. The fraction of sp³-hybridized carbons (Fsp3) is 0.429. The minimum Gasteiger partial charge on any atom is -0.481 e. The van der Waals surface area contributed by atoms with Gasteiger partial charge in [0, 0.05) is 6.42 Å². The number of fused-ring (bicyclic) bond motifs is 1. The third-order valence-corrected chi connectivity index (χ3v) is 4.24. The number of benzene rings is 2. The number of unbranched alkanes of at least 4 members (excludes halogenated alkanes) is 4. The van der Waals surface area contributed by atoms with Gasteiger partial charge in [0.2, 0.25) is 5.91 Å². The predicted molar refractivity (Wildman–Crippen MR) is 104 cm³/mol. The number of ether oxygens (including phenoxy) is 1. The van der Waals surface area contributed by atoms with Crippen LogP contribution in [-0.2, 0) is 9.59 Å². The largest absolute Gasteiger partial charge is 0.481 e. The maximum Gasteiger partial charge on any atom is 0.279 e. The van der Waals surface area contributed by atoms with Gasteiger partial charge in [-0.1, -0.05) is 62.9 Å². The Morgan fingerprint density at radius 2 is 1.69 bits per heavy atom. The smallest absolute Gasteiger partial charge is 0.279 e. The predicted octanol–water partition coefficient (Wildman–Crippen LogP) is 4.12. The summed E-state index contributed by atoms with van der Waals surface area (Å²) in [5, 5.41) is 2.16. The van der Waals surface area contributed by atoms with Crippen LogP contribution in [0.2, 0.25) is 0 Å². The molecule has 2 rings (SSSR count). The fourth-order valence-electron chi connectivity index (χ4n) is 2.68. The normalized spacial score (nSPS) is 11.8. The van der Waals surface area contributed by atoms with Gasteiger partial charge in [0.05, 0.1) is 0 Å². The summed E-state index contributed by atoms with van der Waals surface area (Å²) in [5.41, 5.74) is 4.88. The van der Waals surface area contributed by atoms with Gasteiger partial charge in [0.25, 0.3) is 5.91 Å². The third-order valence-electron chi connectivity index (χ3n) is 4.24. The Morgan fingerprint density at radius 1 is 0.962 bits per heavy atom. The number of rotatable bonds is 9. The van der Waals surface area contributed by atoms with E-state index in [4.69, 9.17) is 4.74 Å². The van der Waals surface area contributed by atoms with E-state index in [1.807, 2.05) is 42.5 Å². The van der Waals surface area contributed by atoms with Gasteiger partial charge >= 0.3 is 0 Å². The number of amides is 2. The van der Waals surface area contributed by atoms with Gasteiger partial charge in [0.1, 0.15) is 5.75 Å². The molecule has 5 heteroatoms. The lowest BCUT2D eigenvalue weighted by Crippen LogP contribution is -2.47. The summed E-state index contributed by atoms with van der Waals surface area (Å²) >= 11 is 0. The van der Waals surface area contributed by atoms with E-state index < -0.39 is 6.10 Å². The first-order valence-electron chi connectivity index (χ1n) is 9.34. The first kappa shape index (κ1) is 19.8. The minimum atomic E-state index is -0.707. The molecule has 26 heavy (non-hydrogen) atoms. The van der Waals surface area contributed by atoms with Crippen LogP contribution in [0.5, 0.6) is 5.75 Å². The summed E-state index contributed by atoms with van der Waals surface area (Å²) in [6.07, 6.45) is 5.11. The molecule has 2 aromatic carbocycles. The molecule has 1 unspecified atom stereocenters. The maximum absolute atomic E-state index is 12.1. The number of nitrogens with one attached hydrogen (secondary N) is 2. The lowest BCUT2D eigenvalue weighted by molar-refractivity contribution is -0.132. The number of hydrogen-bond donors (Lipinski definition) is 2. The van der Waals surface area contributed by atoms with E-state index in [0.717, 1.165) is 30.0 Å². The Hall–Kier alpha value is -2.56. The number of carbonyl (C=O) groups excluding carboxylic acids is 2. The van der Waals surface area contributed by atoms with Crippen molar-refractivity contribution in [2.45, 2.75) is 58.5 Å². The molecule has 0 saturated heterocycles. The van der Waals surface area contributed by atoms with Crippen LogP contribution in [0, 0.1) is 0 Å². The summed E-state index contributed by atoms with van der Waals surface area (Å²) in [6, 6.07) is 13.6. The highest BCUT2D eigenvalue weighted by molar-refractivity contribution is 5.85. The Morgan fingerprint density at radius 3 is 2.46 bits per heavy atom. The van der Waals surface area contributed by atoms with Gasteiger partial charge in [-0.15, -0.1) is 0 Å². The quantitative estimate of drug-likeness (QED) is 0.525. The summed E-state index contributed by atoms with van der Waals surface area (Å²) in [7, 11) is 0. The number of hydrazine groups is 1. The lowest BCUT2D eigenvalue weighted by atomic mass is 10.1. The van der Waals surface area contributed by atoms with Crippen molar-refractivity contribution in [1.29, 1.82) is 0 Å². The van der Waals surface area contributed by atoms with E-state index >= 15 is 0 Å². The molecule has 0 heterocycles. The summed E-state index contributed by atoms with van der Waals surface area (Å²) in [5.74, 6) is 0.0684. The van der Waals surface area contributed by atoms with Crippen molar-refractivity contribution in [1.82, 2.24) is 10.9 Å². The van der Waals surface area contributed by atoms with Crippen LogP contribution in [-0.4, -0.2) is 17.9 Å². The van der Waals surface area contributed by atoms with Crippen LogP contribution in [0.4, 0.5) is 0 Å². The molecule has 0 bridgehead atoms. The van der Waals surface area contributed by atoms with Crippen molar-refractivity contribution < 1.29 is 14.3 Å². The molecule has 2 N–H and O–H groups in total. The van der Waals surface area contributed by atoms with E-state index in [1.54, 1.807) is 6.92 Å². The van der Waals surface area contributed by atoms with Crippen molar-refractivity contribution in [3.63, 3.8) is 0 Å². The van der Waals surface area contributed by atoms with Gasteiger partial charge in [-0.3, -0.25) is 20.4 Å². The molecule has 0 aromatic heterocycles. The van der Waals surface area contributed by atoms with E-state index in [2.05, 4.69) is 17.8 Å². The molecule has 140 valence electrons. The SMILES string of the molecule is CCCCCCCC(=O)NNC(=O)C(C)Oc1ccc2ccccc2c1. The lowest BCUT2D eigenvalue weighted by Gasteiger charge is -2.15. The van der Waals surface area contributed by atoms with Crippen LogP contribution in [0.3, 0.4) is 0 Å². The van der Waals surface area contributed by atoms with Crippen LogP contribution >= 0.6 is 0 Å². The van der Waals surface area contributed by atoms with Gasteiger partial charge in [-0.25, -0.2) is 0 Å². The van der Waals surface area contributed by atoms with Gasteiger partial charge in [-0.2, -0.15) is 0 Å². The Bertz CT molecular complexity index is 730. The first-order valence-corrected chi connectivity index (χ1v) is 9.34. The molecular formula is C21H28N2O3. The number of hydrogen-bond acceptors (Lipinski definition) is 3. The highest BCUT2D eigenvalue weighted by atomic mass is 16.5. The van der Waals surface area contributed by atoms with Gasteiger partial charge in [0.15, 0.2) is 6.10 Å². The molecule has 0 aliphatic heterocycles. The molecule has 0 aliphatic rings. The average molecular weight is 356 g/mol. The second-order valence-electron chi connectivity index (χ2n) is 6.47. The fourth-order valence-corrected chi connectivity index (χ4v) is 2.68. The Balaban J connectivity index is 1.73. The van der Waals surface area contributed by atoms with E-state index in [0.29, 0.717) is 12.2 Å². The zero-order valence-electron chi connectivity index (χ0n) is 15.6. The highest BCUT2D eigenvalue weighted by Gasteiger charge is 2.15. The zero-order chi connectivity index (χ0) is 18.8. The topological polar surface area (TPSA) is 67.4 Å². The molecule has 2 aromatic rings. The third kappa shape index (κ3) is 6.39. The highest BCUT2D eigenvalue weighted by Crippen LogP contribution is 2.21. The molecule has 1 atom stereocenters. The molecule has 2 amide bonds. The van der Waals surface area contributed by atoms with Crippen LogP contribution in [0.25, 0.3) is 10.8 Å². The van der Waals surface area contributed by atoms with Crippen molar-refractivity contribution >= 4 is 22.6 Å². The van der Waals surface area contributed by atoms with Gasteiger partial charge in [-0.05, 0) is 36.2 Å². The molecule has 0 spiro atoms.